The number of non-ortho nitro benzene ring substituents is 1. The van der Waals surface area contributed by atoms with E-state index in [1.54, 1.807) is 29.8 Å². The number of ether oxygens (including phenoxy) is 1. The molecule has 2 aromatic carbocycles. The highest BCUT2D eigenvalue weighted by Crippen LogP contribution is 2.20. The van der Waals surface area contributed by atoms with Crippen LogP contribution in [0.1, 0.15) is 5.82 Å². The molecule has 4 rings (SSSR count). The zero-order valence-electron chi connectivity index (χ0n) is 13.8. The Morgan fingerprint density at radius 2 is 1.93 bits per heavy atom. The van der Waals surface area contributed by atoms with Crippen molar-refractivity contribution in [2.75, 3.05) is 0 Å². The number of thiazole rings is 1. The van der Waals surface area contributed by atoms with Crippen molar-refractivity contribution in [2.45, 2.75) is 6.61 Å². The van der Waals surface area contributed by atoms with Crippen molar-refractivity contribution in [3.8, 4) is 10.9 Å². The van der Waals surface area contributed by atoms with E-state index >= 15 is 0 Å². The predicted octanol–water partition coefficient (Wildman–Crippen LogP) is 3.33. The number of para-hydroxylation sites is 1. The molecule has 0 aliphatic carbocycles. The summed E-state index contributed by atoms with van der Waals surface area (Å²) in [6.07, 6.45) is 1.61. The Morgan fingerprint density at radius 3 is 2.63 bits per heavy atom. The minimum absolute atomic E-state index is 0.0114. The van der Waals surface area contributed by atoms with E-state index in [1.807, 2.05) is 6.07 Å². The lowest BCUT2D eigenvalue weighted by Crippen LogP contribution is -2.24. The maximum Gasteiger partial charge on any atom is 0.269 e. The zero-order chi connectivity index (χ0) is 18.8. The van der Waals surface area contributed by atoms with Gasteiger partial charge in [-0.2, -0.15) is 0 Å². The Balaban J connectivity index is 1.73. The van der Waals surface area contributed by atoms with E-state index in [2.05, 4.69) is 9.97 Å². The monoisotopic (exact) mass is 380 g/mol. The number of nitro groups is 1. The van der Waals surface area contributed by atoms with Crippen LogP contribution in [0.25, 0.3) is 16.0 Å². The molecule has 0 radical (unpaired) electrons. The summed E-state index contributed by atoms with van der Waals surface area (Å²) >= 11 is 1.32. The topological polar surface area (TPSA) is 100 Å². The molecule has 9 heteroatoms. The standard InChI is InChI=1S/C18H12N4O4S/c23-17-14-3-1-2-4-15(14)20-16(21(17)18-19-9-10-27-18)11-26-13-7-5-12(6-8-13)22(24)25/h1-10H,11H2. The lowest BCUT2D eigenvalue weighted by atomic mass is 10.2. The predicted molar refractivity (Wildman–Crippen MR) is 100 cm³/mol. The molecule has 2 heterocycles. The van der Waals surface area contributed by atoms with Crippen molar-refractivity contribution in [3.05, 3.63) is 86.4 Å². The molecule has 0 saturated carbocycles. The molecule has 4 aromatic rings. The van der Waals surface area contributed by atoms with E-state index in [4.69, 9.17) is 4.74 Å². The van der Waals surface area contributed by atoms with Gasteiger partial charge in [-0.1, -0.05) is 12.1 Å². The Bertz CT molecular complexity index is 1170. The molecule has 0 atom stereocenters. The largest absolute Gasteiger partial charge is 0.486 e. The summed E-state index contributed by atoms with van der Waals surface area (Å²) in [5.41, 5.74) is 0.321. The summed E-state index contributed by atoms with van der Waals surface area (Å²) < 4.78 is 7.13. The summed E-state index contributed by atoms with van der Waals surface area (Å²) in [6.45, 7) is 0.0114. The third kappa shape index (κ3) is 3.27. The first kappa shape index (κ1) is 16.9. The Labute approximate surface area is 156 Å². The molecule has 0 aliphatic heterocycles. The van der Waals surface area contributed by atoms with Gasteiger partial charge in [0, 0.05) is 23.7 Å². The van der Waals surface area contributed by atoms with Gasteiger partial charge in [-0.25, -0.2) is 14.5 Å². The first-order valence-corrected chi connectivity index (χ1v) is 8.79. The highest BCUT2D eigenvalue weighted by Gasteiger charge is 2.15. The van der Waals surface area contributed by atoms with Crippen LogP contribution in [0.15, 0.2) is 64.9 Å². The van der Waals surface area contributed by atoms with E-state index in [0.717, 1.165) is 0 Å². The van der Waals surface area contributed by atoms with Crippen molar-refractivity contribution >= 4 is 27.9 Å². The van der Waals surface area contributed by atoms with Crippen molar-refractivity contribution in [3.63, 3.8) is 0 Å². The minimum atomic E-state index is -0.477. The molecule has 0 N–H and O–H groups in total. The van der Waals surface area contributed by atoms with Gasteiger partial charge in [0.1, 0.15) is 12.4 Å². The Kier molecular flexibility index (Phi) is 4.35. The average molecular weight is 380 g/mol. The van der Waals surface area contributed by atoms with Crippen LogP contribution in [0, 0.1) is 10.1 Å². The second kappa shape index (κ2) is 6.96. The van der Waals surface area contributed by atoms with Gasteiger partial charge in [0.25, 0.3) is 11.2 Å². The fourth-order valence-corrected chi connectivity index (χ4v) is 3.27. The number of hydrogen-bond donors (Lipinski definition) is 0. The normalized spacial score (nSPS) is 10.8. The van der Waals surface area contributed by atoms with Crippen molar-refractivity contribution in [2.24, 2.45) is 0 Å². The first-order valence-electron chi connectivity index (χ1n) is 7.91. The Hall–Kier alpha value is -3.59. The quantitative estimate of drug-likeness (QED) is 0.389. The molecule has 8 nitrogen and oxygen atoms in total. The van der Waals surface area contributed by atoms with Gasteiger partial charge in [0.05, 0.1) is 15.8 Å². The van der Waals surface area contributed by atoms with E-state index in [-0.39, 0.29) is 17.9 Å². The summed E-state index contributed by atoms with van der Waals surface area (Å²) in [5.74, 6) is 0.834. The number of hydrogen-bond acceptors (Lipinski definition) is 7. The maximum atomic E-state index is 12.9. The zero-order valence-corrected chi connectivity index (χ0v) is 14.6. The second-order valence-electron chi connectivity index (χ2n) is 5.54. The van der Waals surface area contributed by atoms with Gasteiger partial charge >= 0.3 is 0 Å². The summed E-state index contributed by atoms with van der Waals surface area (Å²) in [7, 11) is 0. The van der Waals surface area contributed by atoms with Gasteiger partial charge in [0.2, 0.25) is 0 Å². The van der Waals surface area contributed by atoms with Gasteiger partial charge in [-0.15, -0.1) is 11.3 Å². The molecular formula is C18H12N4O4S. The van der Waals surface area contributed by atoms with E-state index in [0.29, 0.717) is 27.6 Å². The van der Waals surface area contributed by atoms with Gasteiger partial charge < -0.3 is 4.74 Å². The highest BCUT2D eigenvalue weighted by atomic mass is 32.1. The second-order valence-corrected chi connectivity index (χ2v) is 6.41. The molecule has 0 unspecified atom stereocenters. The molecular weight excluding hydrogens is 368 g/mol. The molecule has 0 fully saturated rings. The van der Waals surface area contributed by atoms with E-state index in [9.17, 15) is 14.9 Å². The third-order valence-corrected chi connectivity index (χ3v) is 4.63. The molecule has 0 bridgehead atoms. The lowest BCUT2D eigenvalue weighted by molar-refractivity contribution is -0.384. The van der Waals surface area contributed by atoms with E-state index < -0.39 is 4.92 Å². The third-order valence-electron chi connectivity index (χ3n) is 3.87. The molecule has 0 aliphatic rings. The minimum Gasteiger partial charge on any atom is -0.486 e. The maximum absolute atomic E-state index is 12.9. The number of benzene rings is 2. The van der Waals surface area contributed by atoms with Crippen molar-refractivity contribution < 1.29 is 9.66 Å². The van der Waals surface area contributed by atoms with Gasteiger partial charge in [-0.3, -0.25) is 14.9 Å². The molecule has 27 heavy (non-hydrogen) atoms. The van der Waals surface area contributed by atoms with Gasteiger partial charge in [0.15, 0.2) is 11.0 Å². The van der Waals surface area contributed by atoms with Crippen LogP contribution in [0.2, 0.25) is 0 Å². The van der Waals surface area contributed by atoms with Crippen molar-refractivity contribution in [1.82, 2.24) is 14.5 Å². The summed E-state index contributed by atoms with van der Waals surface area (Å²) in [4.78, 5) is 32.0. The lowest BCUT2D eigenvalue weighted by Gasteiger charge is -2.12. The number of rotatable bonds is 5. The van der Waals surface area contributed by atoms with E-state index in [1.165, 1.54) is 40.2 Å². The first-order chi connectivity index (χ1) is 13.1. The molecule has 2 aromatic heterocycles. The molecule has 134 valence electrons. The van der Waals surface area contributed by atoms with Crippen LogP contribution < -0.4 is 10.3 Å². The Morgan fingerprint density at radius 1 is 1.15 bits per heavy atom. The highest BCUT2D eigenvalue weighted by molar-refractivity contribution is 7.12. The average Bonchev–Trinajstić information content (AvgIpc) is 3.21. The summed E-state index contributed by atoms with van der Waals surface area (Å²) in [6, 6.07) is 12.8. The fourth-order valence-electron chi connectivity index (χ4n) is 2.61. The van der Waals surface area contributed by atoms with Crippen LogP contribution in [0.3, 0.4) is 0 Å². The molecule has 0 amide bonds. The number of nitro benzene ring substituents is 1. The van der Waals surface area contributed by atoms with Crippen LogP contribution in [-0.2, 0) is 6.61 Å². The fraction of sp³-hybridized carbons (Fsp3) is 0.0556. The number of aromatic nitrogens is 3. The number of fused-ring (bicyclic) bond motifs is 1. The van der Waals surface area contributed by atoms with Crippen LogP contribution in [-0.4, -0.2) is 19.5 Å². The van der Waals surface area contributed by atoms with Crippen LogP contribution >= 0.6 is 11.3 Å². The SMILES string of the molecule is O=c1c2ccccc2nc(COc2ccc([N+](=O)[O-])cc2)n1-c1nccs1. The number of nitrogens with zero attached hydrogens (tertiary/aromatic N) is 4. The smallest absolute Gasteiger partial charge is 0.269 e. The van der Waals surface area contributed by atoms with Crippen molar-refractivity contribution in [1.29, 1.82) is 0 Å². The molecule has 0 spiro atoms. The van der Waals surface area contributed by atoms with Crippen LogP contribution in [0.4, 0.5) is 5.69 Å². The summed E-state index contributed by atoms with van der Waals surface area (Å²) in [5, 5.41) is 13.5. The molecule has 0 saturated heterocycles. The van der Waals surface area contributed by atoms with Gasteiger partial charge in [-0.05, 0) is 24.3 Å². The van der Waals surface area contributed by atoms with Crippen LogP contribution in [0.5, 0.6) is 5.75 Å².